The summed E-state index contributed by atoms with van der Waals surface area (Å²) in [4.78, 5) is 40.2. The quantitative estimate of drug-likeness (QED) is 0.750. The van der Waals surface area contributed by atoms with Crippen molar-refractivity contribution in [2.45, 2.75) is 32.0 Å². The normalized spacial score (nSPS) is 19.5. The summed E-state index contributed by atoms with van der Waals surface area (Å²) in [5.41, 5.74) is -1.25. The molecule has 2 aromatic rings. The summed E-state index contributed by atoms with van der Waals surface area (Å²) < 4.78 is 34.0. The molecule has 4 rings (SSSR count). The number of hydrogen-bond acceptors (Lipinski definition) is 5. The molecule has 1 aromatic heterocycles. The van der Waals surface area contributed by atoms with Gasteiger partial charge in [-0.15, -0.1) is 0 Å². The van der Waals surface area contributed by atoms with Gasteiger partial charge in [-0.3, -0.25) is 14.4 Å². The Bertz CT molecular complexity index is 1150. The Balaban J connectivity index is 1.77. The maximum absolute atomic E-state index is 13.9. The Morgan fingerprint density at radius 3 is 2.71 bits per heavy atom. The van der Waals surface area contributed by atoms with E-state index in [-0.39, 0.29) is 35.1 Å². The molecular formula is C21H21F2N3O5. The first-order valence-electron chi connectivity index (χ1n) is 9.84. The lowest BCUT2D eigenvalue weighted by Crippen LogP contribution is -2.44. The number of aromatic hydroxyl groups is 1. The highest BCUT2D eigenvalue weighted by molar-refractivity contribution is 6.00. The molecule has 0 bridgehead atoms. The molecule has 2 aliphatic heterocycles. The standard InChI is InChI=1S/C21H21F2N3O5/c1-3-25-9-12-7-14(31-2)16-15(18(27)19(28)17(21(25)30)26(12)16)20(29)24-8-10-4-5-11(22)6-13(10)23/h4-6,12,14,28H,3,7-9H2,1-2H3,(H,24,29). The van der Waals surface area contributed by atoms with E-state index in [1.54, 1.807) is 6.92 Å². The number of benzene rings is 1. The second-order valence-electron chi connectivity index (χ2n) is 7.53. The van der Waals surface area contributed by atoms with Crippen LogP contribution in [0.5, 0.6) is 5.75 Å². The van der Waals surface area contributed by atoms with Crippen molar-refractivity contribution in [3.63, 3.8) is 0 Å². The number of nitrogens with one attached hydrogen (secondary N) is 1. The van der Waals surface area contributed by atoms with E-state index in [0.717, 1.165) is 6.07 Å². The van der Waals surface area contributed by atoms with Gasteiger partial charge in [0.1, 0.15) is 23.3 Å². The van der Waals surface area contributed by atoms with Gasteiger partial charge in [-0.2, -0.15) is 0 Å². The molecule has 164 valence electrons. The highest BCUT2D eigenvalue weighted by Gasteiger charge is 2.45. The van der Waals surface area contributed by atoms with Gasteiger partial charge in [-0.1, -0.05) is 6.07 Å². The SMILES string of the molecule is CCN1CC2CC(OC)c3c(C(=O)NCc4ccc(F)cc4F)c(=O)c(O)c(n32)C1=O. The number of halogens is 2. The first-order chi connectivity index (χ1) is 14.8. The summed E-state index contributed by atoms with van der Waals surface area (Å²) in [5, 5.41) is 13.0. The zero-order valence-corrected chi connectivity index (χ0v) is 16.9. The van der Waals surface area contributed by atoms with Crippen LogP contribution in [0.1, 0.15) is 57.6 Å². The highest BCUT2D eigenvalue weighted by Crippen LogP contribution is 2.43. The number of amides is 2. The van der Waals surface area contributed by atoms with E-state index >= 15 is 0 Å². The van der Waals surface area contributed by atoms with Gasteiger partial charge in [-0.25, -0.2) is 8.78 Å². The summed E-state index contributed by atoms with van der Waals surface area (Å²) in [6.45, 7) is 2.26. The summed E-state index contributed by atoms with van der Waals surface area (Å²) in [6.07, 6.45) is -0.215. The number of likely N-dealkylation sites (N-methyl/N-ethyl adjacent to an activating group) is 1. The second-order valence-corrected chi connectivity index (χ2v) is 7.53. The Kier molecular flexibility index (Phi) is 5.26. The zero-order valence-electron chi connectivity index (χ0n) is 16.9. The number of hydrogen-bond donors (Lipinski definition) is 2. The third-order valence-corrected chi connectivity index (χ3v) is 5.85. The highest BCUT2D eigenvalue weighted by atomic mass is 19.1. The predicted molar refractivity (Wildman–Crippen MR) is 105 cm³/mol. The molecule has 0 fully saturated rings. The fourth-order valence-electron chi connectivity index (χ4n) is 4.33. The lowest BCUT2D eigenvalue weighted by molar-refractivity contribution is 0.0653. The first kappa shape index (κ1) is 21.0. The average Bonchev–Trinajstić information content (AvgIpc) is 3.10. The van der Waals surface area contributed by atoms with Gasteiger partial charge in [0.05, 0.1) is 11.7 Å². The lowest BCUT2D eigenvalue weighted by Gasteiger charge is -2.33. The minimum absolute atomic E-state index is 0.0309. The second kappa shape index (κ2) is 7.77. The Labute approximate surface area is 176 Å². The van der Waals surface area contributed by atoms with Gasteiger partial charge in [0, 0.05) is 44.8 Å². The summed E-state index contributed by atoms with van der Waals surface area (Å²) >= 11 is 0. The van der Waals surface area contributed by atoms with E-state index in [1.165, 1.54) is 22.6 Å². The van der Waals surface area contributed by atoms with Crippen molar-refractivity contribution in [3.8, 4) is 5.75 Å². The first-order valence-corrected chi connectivity index (χ1v) is 9.84. The van der Waals surface area contributed by atoms with Gasteiger partial charge < -0.3 is 24.6 Å². The summed E-state index contributed by atoms with van der Waals surface area (Å²) in [5.74, 6) is -3.73. The fraction of sp³-hybridized carbons (Fsp3) is 0.381. The number of pyridine rings is 1. The molecule has 3 heterocycles. The van der Waals surface area contributed by atoms with Gasteiger partial charge >= 0.3 is 0 Å². The van der Waals surface area contributed by atoms with E-state index in [4.69, 9.17) is 4.74 Å². The maximum atomic E-state index is 13.9. The topological polar surface area (TPSA) is 101 Å². The van der Waals surface area contributed by atoms with Crippen LogP contribution >= 0.6 is 0 Å². The van der Waals surface area contributed by atoms with E-state index in [0.29, 0.717) is 25.6 Å². The molecule has 10 heteroatoms. The number of nitrogens with zero attached hydrogens (tertiary/aromatic N) is 2. The van der Waals surface area contributed by atoms with Crippen molar-refractivity contribution in [3.05, 3.63) is 62.6 Å². The largest absolute Gasteiger partial charge is 0.503 e. The minimum Gasteiger partial charge on any atom is -0.503 e. The van der Waals surface area contributed by atoms with Gasteiger partial charge in [-0.05, 0) is 13.0 Å². The molecule has 0 radical (unpaired) electrons. The summed E-state index contributed by atoms with van der Waals surface area (Å²) in [7, 11) is 1.43. The van der Waals surface area contributed by atoms with Crippen molar-refractivity contribution >= 4 is 11.8 Å². The van der Waals surface area contributed by atoms with Crippen LogP contribution in [0.4, 0.5) is 8.78 Å². The van der Waals surface area contributed by atoms with Crippen molar-refractivity contribution in [1.82, 2.24) is 14.8 Å². The van der Waals surface area contributed by atoms with Gasteiger partial charge in [0.2, 0.25) is 5.43 Å². The molecule has 2 unspecified atom stereocenters. The lowest BCUT2D eigenvalue weighted by atomic mass is 10.1. The van der Waals surface area contributed by atoms with Crippen LogP contribution in [0.3, 0.4) is 0 Å². The smallest absolute Gasteiger partial charge is 0.274 e. The maximum Gasteiger partial charge on any atom is 0.274 e. The minimum atomic E-state index is -0.993. The molecule has 0 spiro atoms. The van der Waals surface area contributed by atoms with E-state index in [9.17, 15) is 28.3 Å². The third-order valence-electron chi connectivity index (χ3n) is 5.85. The molecule has 1 aromatic carbocycles. The average molecular weight is 433 g/mol. The monoisotopic (exact) mass is 433 g/mol. The van der Waals surface area contributed by atoms with Crippen LogP contribution in [0, 0.1) is 11.6 Å². The fourth-order valence-corrected chi connectivity index (χ4v) is 4.33. The zero-order chi connectivity index (χ0) is 22.4. The third kappa shape index (κ3) is 3.27. The number of rotatable bonds is 5. The number of carbonyl (C=O) groups is 2. The number of ether oxygens (including phenoxy) is 1. The molecule has 2 aliphatic rings. The molecule has 2 N–H and O–H groups in total. The van der Waals surface area contributed by atoms with Crippen molar-refractivity contribution in [2.24, 2.45) is 0 Å². The molecule has 2 amide bonds. The van der Waals surface area contributed by atoms with E-state index < -0.39 is 40.7 Å². The van der Waals surface area contributed by atoms with Gasteiger partial charge in [0.15, 0.2) is 11.4 Å². The van der Waals surface area contributed by atoms with Crippen LogP contribution in [-0.2, 0) is 11.3 Å². The molecule has 8 nitrogen and oxygen atoms in total. The van der Waals surface area contributed by atoms with Gasteiger partial charge in [0.25, 0.3) is 11.8 Å². The van der Waals surface area contributed by atoms with E-state index in [1.807, 2.05) is 0 Å². The van der Waals surface area contributed by atoms with Crippen molar-refractivity contribution in [1.29, 1.82) is 0 Å². The Morgan fingerprint density at radius 2 is 2.06 bits per heavy atom. The van der Waals surface area contributed by atoms with Crippen LogP contribution in [0.2, 0.25) is 0 Å². The summed E-state index contributed by atoms with van der Waals surface area (Å²) in [6, 6.07) is 2.67. The number of methoxy groups -OCH3 is 1. The Morgan fingerprint density at radius 1 is 1.32 bits per heavy atom. The molecule has 0 aliphatic carbocycles. The molecule has 0 saturated heterocycles. The van der Waals surface area contributed by atoms with Crippen molar-refractivity contribution < 1.29 is 28.2 Å². The number of carbonyl (C=O) groups excluding carboxylic acids is 2. The van der Waals surface area contributed by atoms with Crippen LogP contribution in [-0.4, -0.2) is 46.6 Å². The predicted octanol–water partition coefficient (Wildman–Crippen LogP) is 1.87. The van der Waals surface area contributed by atoms with Crippen LogP contribution in [0.15, 0.2) is 23.0 Å². The number of aromatic nitrogens is 1. The Hall–Kier alpha value is -3.27. The van der Waals surface area contributed by atoms with Crippen LogP contribution in [0.25, 0.3) is 0 Å². The van der Waals surface area contributed by atoms with Crippen molar-refractivity contribution in [2.75, 3.05) is 20.2 Å². The van der Waals surface area contributed by atoms with E-state index in [2.05, 4.69) is 5.32 Å². The molecule has 31 heavy (non-hydrogen) atoms. The van der Waals surface area contributed by atoms with Crippen LogP contribution < -0.4 is 10.7 Å². The molecule has 0 saturated carbocycles. The molecule has 2 atom stereocenters. The molecular weight excluding hydrogens is 412 g/mol.